The third-order valence-electron chi connectivity index (χ3n) is 5.46. The van der Waals surface area contributed by atoms with Crippen LogP contribution < -0.4 is 9.64 Å². The third kappa shape index (κ3) is 5.24. The molecule has 0 spiro atoms. The van der Waals surface area contributed by atoms with E-state index in [1.54, 1.807) is 4.90 Å². The fourth-order valence-electron chi connectivity index (χ4n) is 3.66. The third-order valence-corrected chi connectivity index (χ3v) is 5.46. The molecule has 172 valence electrons. The van der Waals surface area contributed by atoms with Crippen molar-refractivity contribution in [2.45, 2.75) is 13.1 Å². The van der Waals surface area contributed by atoms with Crippen LogP contribution in [0.1, 0.15) is 22.8 Å². The van der Waals surface area contributed by atoms with Crippen molar-refractivity contribution in [3.63, 3.8) is 0 Å². The fraction of sp³-hybridized carbons (Fsp3) is 0.292. The highest BCUT2D eigenvalue weighted by Gasteiger charge is 2.30. The predicted octanol–water partition coefficient (Wildman–Crippen LogP) is 4.52. The Morgan fingerprint density at radius 2 is 1.58 bits per heavy atom. The van der Waals surface area contributed by atoms with Crippen LogP contribution in [0.25, 0.3) is 11.3 Å². The van der Waals surface area contributed by atoms with Crippen LogP contribution in [-0.2, 0) is 6.18 Å². The smallest absolute Gasteiger partial charge is 0.416 e. The molecule has 1 saturated heterocycles. The number of halogens is 3. The fourth-order valence-corrected chi connectivity index (χ4v) is 3.66. The molecule has 2 aromatic carbocycles. The topological polar surface area (TPSA) is 58.6 Å². The van der Waals surface area contributed by atoms with Gasteiger partial charge in [0.2, 0.25) is 0 Å². The first-order valence-electron chi connectivity index (χ1n) is 10.6. The number of ether oxygens (including phenoxy) is 1. The highest BCUT2D eigenvalue weighted by molar-refractivity contribution is 5.94. The normalized spacial score (nSPS) is 14.3. The molecule has 33 heavy (non-hydrogen) atoms. The summed E-state index contributed by atoms with van der Waals surface area (Å²) in [7, 11) is 0. The Morgan fingerprint density at radius 1 is 0.909 bits per heavy atom. The van der Waals surface area contributed by atoms with E-state index in [1.165, 1.54) is 12.1 Å². The van der Waals surface area contributed by atoms with E-state index in [0.717, 1.165) is 29.1 Å². The Balaban J connectivity index is 1.35. The predicted molar refractivity (Wildman–Crippen MR) is 118 cm³/mol. The van der Waals surface area contributed by atoms with Gasteiger partial charge in [-0.15, -0.1) is 10.2 Å². The molecule has 3 aromatic rings. The summed E-state index contributed by atoms with van der Waals surface area (Å²) in [5, 5.41) is 8.66. The molecule has 1 amide bonds. The Bertz CT molecular complexity index is 1080. The second kappa shape index (κ2) is 9.48. The van der Waals surface area contributed by atoms with Crippen LogP contribution in [0.2, 0.25) is 0 Å². The number of benzene rings is 2. The van der Waals surface area contributed by atoms with Gasteiger partial charge in [-0.2, -0.15) is 13.2 Å². The number of rotatable bonds is 5. The molecule has 0 bridgehead atoms. The van der Waals surface area contributed by atoms with Gasteiger partial charge in [-0.3, -0.25) is 4.79 Å². The molecule has 0 N–H and O–H groups in total. The van der Waals surface area contributed by atoms with Gasteiger partial charge in [0.15, 0.2) is 5.82 Å². The maximum absolute atomic E-state index is 12.7. The summed E-state index contributed by atoms with van der Waals surface area (Å²) in [6, 6.07) is 15.8. The molecular weight excluding hydrogens is 433 g/mol. The van der Waals surface area contributed by atoms with Gasteiger partial charge < -0.3 is 14.5 Å². The molecule has 2 heterocycles. The van der Waals surface area contributed by atoms with Gasteiger partial charge in [0.05, 0.1) is 17.9 Å². The summed E-state index contributed by atoms with van der Waals surface area (Å²) in [5.41, 5.74) is 1.16. The average molecular weight is 456 g/mol. The summed E-state index contributed by atoms with van der Waals surface area (Å²) in [4.78, 5) is 16.3. The summed E-state index contributed by atoms with van der Waals surface area (Å²) in [6.45, 7) is 4.55. The Morgan fingerprint density at radius 3 is 2.12 bits per heavy atom. The molecule has 1 aromatic heterocycles. The molecule has 6 nitrogen and oxygen atoms in total. The van der Waals surface area contributed by atoms with Gasteiger partial charge >= 0.3 is 6.18 Å². The molecule has 0 unspecified atom stereocenters. The number of aromatic nitrogens is 2. The molecule has 0 radical (unpaired) electrons. The number of anilines is 1. The number of hydrogen-bond donors (Lipinski definition) is 0. The largest absolute Gasteiger partial charge is 0.494 e. The van der Waals surface area contributed by atoms with Crippen LogP contribution >= 0.6 is 0 Å². The van der Waals surface area contributed by atoms with Crippen LogP contribution in [0, 0.1) is 0 Å². The second-order valence-corrected chi connectivity index (χ2v) is 7.59. The van der Waals surface area contributed by atoms with Gasteiger partial charge in [0, 0.05) is 37.3 Å². The Kier molecular flexibility index (Phi) is 6.48. The van der Waals surface area contributed by atoms with Crippen LogP contribution in [0.15, 0.2) is 60.7 Å². The summed E-state index contributed by atoms with van der Waals surface area (Å²) in [6.07, 6.45) is -4.42. The lowest BCUT2D eigenvalue weighted by Crippen LogP contribution is -2.49. The minimum absolute atomic E-state index is 0.246. The zero-order valence-corrected chi connectivity index (χ0v) is 18.0. The highest BCUT2D eigenvalue weighted by Crippen LogP contribution is 2.29. The van der Waals surface area contributed by atoms with Gasteiger partial charge in [-0.1, -0.05) is 0 Å². The lowest BCUT2D eigenvalue weighted by Gasteiger charge is -2.35. The molecule has 1 aliphatic heterocycles. The van der Waals surface area contributed by atoms with E-state index in [2.05, 4.69) is 10.2 Å². The van der Waals surface area contributed by atoms with Crippen LogP contribution in [0.5, 0.6) is 5.75 Å². The highest BCUT2D eigenvalue weighted by atomic mass is 19.4. The van der Waals surface area contributed by atoms with E-state index in [1.807, 2.05) is 48.2 Å². The minimum Gasteiger partial charge on any atom is -0.494 e. The standard InChI is InChI=1S/C24H23F3N4O2/c1-2-33-20-9-5-17(6-10-20)21-11-12-22(29-28-21)30-13-15-31(16-14-30)23(32)18-3-7-19(8-4-18)24(25,26)27/h3-12H,2,13-16H2,1H3. The van der Waals surface area contributed by atoms with Crippen LogP contribution in [-0.4, -0.2) is 53.8 Å². The number of carbonyl (C=O) groups is 1. The summed E-state index contributed by atoms with van der Waals surface area (Å²) < 4.78 is 43.6. The first-order chi connectivity index (χ1) is 15.8. The number of carbonyl (C=O) groups excluding carboxylic acids is 1. The molecule has 1 fully saturated rings. The molecule has 0 atom stereocenters. The lowest BCUT2D eigenvalue weighted by atomic mass is 10.1. The van der Waals surface area contributed by atoms with Crippen molar-refractivity contribution in [3.05, 3.63) is 71.8 Å². The van der Waals surface area contributed by atoms with Crippen molar-refractivity contribution in [2.75, 3.05) is 37.7 Å². The maximum Gasteiger partial charge on any atom is 0.416 e. The first kappa shape index (κ1) is 22.6. The van der Waals surface area contributed by atoms with Crippen molar-refractivity contribution < 1.29 is 22.7 Å². The number of amides is 1. The molecule has 1 aliphatic rings. The van der Waals surface area contributed by atoms with Gasteiger partial charge in [0.1, 0.15) is 5.75 Å². The zero-order valence-electron chi connectivity index (χ0n) is 18.0. The van der Waals surface area contributed by atoms with Gasteiger partial charge in [0.25, 0.3) is 5.91 Å². The molecular formula is C24H23F3N4O2. The quantitative estimate of drug-likeness (QED) is 0.565. The van der Waals surface area contributed by atoms with Crippen LogP contribution in [0.4, 0.5) is 19.0 Å². The number of piperazine rings is 1. The summed E-state index contributed by atoms with van der Waals surface area (Å²) >= 11 is 0. The number of nitrogens with zero attached hydrogens (tertiary/aromatic N) is 4. The summed E-state index contributed by atoms with van der Waals surface area (Å²) in [5.74, 6) is 1.24. The van der Waals surface area contributed by atoms with E-state index in [4.69, 9.17) is 4.74 Å². The van der Waals surface area contributed by atoms with E-state index >= 15 is 0 Å². The Labute approximate surface area is 189 Å². The lowest BCUT2D eigenvalue weighted by molar-refractivity contribution is -0.137. The Hall–Kier alpha value is -3.62. The minimum atomic E-state index is -4.42. The van der Waals surface area contributed by atoms with E-state index < -0.39 is 11.7 Å². The maximum atomic E-state index is 12.7. The van der Waals surface area contributed by atoms with Gasteiger partial charge in [-0.05, 0) is 67.6 Å². The van der Waals surface area contributed by atoms with Crippen molar-refractivity contribution >= 4 is 11.7 Å². The zero-order chi connectivity index (χ0) is 23.4. The molecule has 0 saturated carbocycles. The molecule has 9 heteroatoms. The van der Waals surface area contributed by atoms with Crippen molar-refractivity contribution in [2.24, 2.45) is 0 Å². The van der Waals surface area contributed by atoms with Crippen LogP contribution in [0.3, 0.4) is 0 Å². The van der Waals surface area contributed by atoms with E-state index in [0.29, 0.717) is 38.6 Å². The first-order valence-corrected chi connectivity index (χ1v) is 10.6. The van der Waals surface area contributed by atoms with Crippen molar-refractivity contribution in [3.8, 4) is 17.0 Å². The second-order valence-electron chi connectivity index (χ2n) is 7.59. The van der Waals surface area contributed by atoms with E-state index in [-0.39, 0.29) is 11.5 Å². The molecule has 4 rings (SSSR count). The monoisotopic (exact) mass is 456 g/mol. The van der Waals surface area contributed by atoms with Crippen molar-refractivity contribution in [1.82, 2.24) is 15.1 Å². The van der Waals surface area contributed by atoms with Gasteiger partial charge in [-0.25, -0.2) is 0 Å². The average Bonchev–Trinajstić information content (AvgIpc) is 2.84. The number of alkyl halides is 3. The number of hydrogen-bond acceptors (Lipinski definition) is 5. The van der Waals surface area contributed by atoms with E-state index in [9.17, 15) is 18.0 Å². The van der Waals surface area contributed by atoms with Crippen molar-refractivity contribution in [1.29, 1.82) is 0 Å². The molecule has 0 aliphatic carbocycles. The SMILES string of the molecule is CCOc1ccc(-c2ccc(N3CCN(C(=O)c4ccc(C(F)(F)F)cc4)CC3)nn2)cc1.